The van der Waals surface area contributed by atoms with E-state index >= 15 is 0 Å². The van der Waals surface area contributed by atoms with E-state index < -0.39 is 0 Å². The Morgan fingerprint density at radius 2 is 2.22 bits per heavy atom. The van der Waals surface area contributed by atoms with E-state index in [9.17, 15) is 4.79 Å². The van der Waals surface area contributed by atoms with Gasteiger partial charge in [0.05, 0.1) is 10.2 Å². The van der Waals surface area contributed by atoms with Gasteiger partial charge in [-0.3, -0.25) is 4.79 Å². The maximum Gasteiger partial charge on any atom is 0.224 e. The van der Waals surface area contributed by atoms with Gasteiger partial charge in [0.2, 0.25) is 5.91 Å². The molecule has 1 aromatic carbocycles. The van der Waals surface area contributed by atoms with E-state index in [1.807, 2.05) is 12.1 Å². The topological polar surface area (TPSA) is 45.2 Å². The Kier molecular flexibility index (Phi) is 4.04. The van der Waals surface area contributed by atoms with Crippen LogP contribution in [0.2, 0.25) is 0 Å². The predicted molar refractivity (Wildman–Crippen MR) is 96.2 cm³/mol. The summed E-state index contributed by atoms with van der Waals surface area (Å²) in [5.74, 6) is 0.508. The quantitative estimate of drug-likeness (QED) is 0.856. The summed E-state index contributed by atoms with van der Waals surface area (Å²) in [6, 6.07) is 6.02. The number of thiazole rings is 1. The number of anilines is 2. The summed E-state index contributed by atoms with van der Waals surface area (Å²) < 4.78 is 1.14. The molecule has 0 saturated carbocycles. The molecule has 1 fully saturated rings. The fraction of sp³-hybridized carbons (Fsp3) is 0.444. The standard InChI is InChI=1S/C18H21N3OS/c22-17(11-13-5-1-2-6-13)19-14-7-8-15-16(12-14)23-18(20-15)21-9-3-4-10-21/h1,5,7-8,12-13H,2-4,6,9-11H2,(H,19,22). The van der Waals surface area contributed by atoms with Crippen LogP contribution in [-0.2, 0) is 4.79 Å². The second-order valence-corrected chi connectivity index (χ2v) is 7.40. The zero-order chi connectivity index (χ0) is 15.6. The molecule has 4 nitrogen and oxygen atoms in total. The van der Waals surface area contributed by atoms with Crippen LogP contribution in [0.1, 0.15) is 32.1 Å². The van der Waals surface area contributed by atoms with Gasteiger partial charge in [0.25, 0.3) is 0 Å². The maximum absolute atomic E-state index is 12.2. The third-order valence-electron chi connectivity index (χ3n) is 4.60. The highest BCUT2D eigenvalue weighted by molar-refractivity contribution is 7.22. The summed E-state index contributed by atoms with van der Waals surface area (Å²) in [6.45, 7) is 2.22. The number of fused-ring (bicyclic) bond motifs is 1. The van der Waals surface area contributed by atoms with Gasteiger partial charge in [0.1, 0.15) is 0 Å². The Labute approximate surface area is 140 Å². The van der Waals surface area contributed by atoms with Crippen LogP contribution in [0.3, 0.4) is 0 Å². The summed E-state index contributed by atoms with van der Waals surface area (Å²) in [6.07, 6.45) is 9.62. The van der Waals surface area contributed by atoms with Crippen LogP contribution in [-0.4, -0.2) is 24.0 Å². The van der Waals surface area contributed by atoms with Gasteiger partial charge in [-0.15, -0.1) is 0 Å². The summed E-state index contributed by atoms with van der Waals surface area (Å²) in [4.78, 5) is 19.2. The number of nitrogens with zero attached hydrogens (tertiary/aromatic N) is 2. The molecule has 2 aliphatic rings. The van der Waals surface area contributed by atoms with Gasteiger partial charge in [0, 0.05) is 25.2 Å². The molecule has 2 heterocycles. The molecular weight excluding hydrogens is 306 g/mol. The molecule has 1 amide bonds. The van der Waals surface area contributed by atoms with E-state index in [0.29, 0.717) is 12.3 Å². The number of aromatic nitrogens is 1. The van der Waals surface area contributed by atoms with Crippen molar-refractivity contribution in [1.82, 2.24) is 4.98 Å². The molecule has 1 atom stereocenters. The van der Waals surface area contributed by atoms with Gasteiger partial charge in [0.15, 0.2) is 5.13 Å². The first kappa shape index (κ1) is 14.7. The van der Waals surface area contributed by atoms with E-state index in [1.165, 1.54) is 12.8 Å². The number of benzene rings is 1. The molecular formula is C18H21N3OS. The van der Waals surface area contributed by atoms with E-state index in [-0.39, 0.29) is 5.91 Å². The third-order valence-corrected chi connectivity index (χ3v) is 5.68. The SMILES string of the molecule is O=C(CC1C=CCC1)Nc1ccc2nc(N3CCCC3)sc2c1. The zero-order valence-electron chi connectivity index (χ0n) is 13.1. The molecule has 1 aliphatic carbocycles. The highest BCUT2D eigenvalue weighted by Crippen LogP contribution is 2.32. The van der Waals surface area contributed by atoms with Crippen molar-refractivity contribution in [2.24, 2.45) is 5.92 Å². The molecule has 4 rings (SSSR count). The Balaban J connectivity index is 1.47. The summed E-state index contributed by atoms with van der Waals surface area (Å²) >= 11 is 1.72. The Morgan fingerprint density at radius 1 is 1.35 bits per heavy atom. The Morgan fingerprint density at radius 3 is 3.00 bits per heavy atom. The average molecular weight is 327 g/mol. The van der Waals surface area contributed by atoms with Crippen LogP contribution in [0, 0.1) is 5.92 Å². The monoisotopic (exact) mass is 327 g/mol. The number of hydrogen-bond donors (Lipinski definition) is 1. The minimum Gasteiger partial charge on any atom is -0.348 e. The van der Waals surface area contributed by atoms with Gasteiger partial charge in [-0.1, -0.05) is 23.5 Å². The van der Waals surface area contributed by atoms with E-state index in [4.69, 9.17) is 4.98 Å². The van der Waals surface area contributed by atoms with Crippen LogP contribution < -0.4 is 10.2 Å². The highest BCUT2D eigenvalue weighted by Gasteiger charge is 2.17. The smallest absolute Gasteiger partial charge is 0.224 e. The van der Waals surface area contributed by atoms with E-state index in [2.05, 4.69) is 28.4 Å². The lowest BCUT2D eigenvalue weighted by molar-refractivity contribution is -0.116. The van der Waals surface area contributed by atoms with Crippen molar-refractivity contribution >= 4 is 38.3 Å². The average Bonchev–Trinajstić information content (AvgIpc) is 3.27. The fourth-order valence-corrected chi connectivity index (χ4v) is 4.41. The van der Waals surface area contributed by atoms with Gasteiger partial charge in [-0.05, 0) is 49.8 Å². The van der Waals surface area contributed by atoms with Crippen LogP contribution >= 0.6 is 11.3 Å². The number of hydrogen-bond acceptors (Lipinski definition) is 4. The van der Waals surface area contributed by atoms with Crippen molar-refractivity contribution < 1.29 is 4.79 Å². The molecule has 1 unspecified atom stereocenters. The van der Waals surface area contributed by atoms with Crippen molar-refractivity contribution in [2.45, 2.75) is 32.1 Å². The molecule has 5 heteroatoms. The van der Waals surface area contributed by atoms with Crippen molar-refractivity contribution in [2.75, 3.05) is 23.3 Å². The molecule has 120 valence electrons. The molecule has 0 radical (unpaired) electrons. The van der Waals surface area contributed by atoms with Crippen molar-refractivity contribution in [3.8, 4) is 0 Å². The second-order valence-electron chi connectivity index (χ2n) is 6.39. The fourth-order valence-electron chi connectivity index (χ4n) is 3.35. The van der Waals surface area contributed by atoms with Crippen LogP contribution in [0.25, 0.3) is 10.2 Å². The van der Waals surface area contributed by atoms with Crippen LogP contribution in [0.5, 0.6) is 0 Å². The lowest BCUT2D eigenvalue weighted by atomic mass is 10.1. The van der Waals surface area contributed by atoms with Gasteiger partial charge < -0.3 is 10.2 Å². The molecule has 0 spiro atoms. The van der Waals surface area contributed by atoms with E-state index in [1.54, 1.807) is 11.3 Å². The second kappa shape index (κ2) is 6.32. The predicted octanol–water partition coefficient (Wildman–Crippen LogP) is 4.19. The van der Waals surface area contributed by atoms with E-state index in [0.717, 1.165) is 47.0 Å². The normalized spacial score (nSPS) is 20.5. The first-order valence-electron chi connectivity index (χ1n) is 8.40. The van der Waals surface area contributed by atoms with Gasteiger partial charge >= 0.3 is 0 Å². The number of allylic oxidation sites excluding steroid dienone is 2. The lowest BCUT2D eigenvalue weighted by Gasteiger charge is -2.11. The molecule has 1 saturated heterocycles. The molecule has 1 N–H and O–H groups in total. The first-order chi connectivity index (χ1) is 11.3. The third kappa shape index (κ3) is 3.24. The first-order valence-corrected chi connectivity index (χ1v) is 9.22. The molecule has 1 aliphatic heterocycles. The molecule has 23 heavy (non-hydrogen) atoms. The molecule has 1 aromatic heterocycles. The van der Waals surface area contributed by atoms with Crippen LogP contribution in [0.15, 0.2) is 30.4 Å². The Bertz CT molecular complexity index is 746. The molecule has 2 aromatic rings. The van der Waals surface area contributed by atoms with Gasteiger partial charge in [-0.25, -0.2) is 4.98 Å². The zero-order valence-corrected chi connectivity index (χ0v) is 13.9. The number of amides is 1. The van der Waals surface area contributed by atoms with Gasteiger partial charge in [-0.2, -0.15) is 0 Å². The summed E-state index contributed by atoms with van der Waals surface area (Å²) in [5, 5.41) is 4.14. The number of rotatable bonds is 4. The number of carbonyl (C=O) groups excluding carboxylic acids is 1. The summed E-state index contributed by atoms with van der Waals surface area (Å²) in [7, 11) is 0. The van der Waals surface area contributed by atoms with Crippen molar-refractivity contribution in [3.05, 3.63) is 30.4 Å². The summed E-state index contributed by atoms with van der Waals surface area (Å²) in [5.41, 5.74) is 1.90. The molecule has 0 bridgehead atoms. The van der Waals surface area contributed by atoms with Crippen LogP contribution in [0.4, 0.5) is 10.8 Å². The van der Waals surface area contributed by atoms with Crippen molar-refractivity contribution in [1.29, 1.82) is 0 Å². The number of nitrogens with one attached hydrogen (secondary N) is 1. The largest absolute Gasteiger partial charge is 0.348 e. The minimum atomic E-state index is 0.102. The van der Waals surface area contributed by atoms with Crippen molar-refractivity contribution in [3.63, 3.8) is 0 Å². The Hall–Kier alpha value is -1.88. The minimum absolute atomic E-state index is 0.102. The number of carbonyl (C=O) groups is 1. The lowest BCUT2D eigenvalue weighted by Crippen LogP contribution is -2.16. The highest BCUT2D eigenvalue weighted by atomic mass is 32.1. The maximum atomic E-state index is 12.2.